The Labute approximate surface area is 204 Å². The zero-order valence-electron chi connectivity index (χ0n) is 19.4. The third-order valence-electron chi connectivity index (χ3n) is 5.57. The van der Waals surface area contributed by atoms with Gasteiger partial charge in [-0.15, -0.1) is 46.6 Å². The van der Waals surface area contributed by atoms with E-state index < -0.39 is 11.2 Å². The van der Waals surface area contributed by atoms with E-state index in [1.807, 2.05) is 43.4 Å². The van der Waals surface area contributed by atoms with Gasteiger partial charge in [0.1, 0.15) is 0 Å². The Balaban J connectivity index is 2.11. The van der Waals surface area contributed by atoms with Gasteiger partial charge in [-0.1, -0.05) is 6.08 Å². The van der Waals surface area contributed by atoms with Crippen LogP contribution in [0.15, 0.2) is 29.2 Å². The number of thiophene rings is 3. The molecule has 3 aromatic heterocycles. The van der Waals surface area contributed by atoms with Crippen LogP contribution in [0, 0.1) is 13.8 Å². The molecular weight excluding hydrogens is 459 g/mol. The van der Waals surface area contributed by atoms with Crippen molar-refractivity contribution >= 4 is 73.9 Å². The molecule has 0 aliphatic heterocycles. The van der Waals surface area contributed by atoms with Crippen LogP contribution in [0.5, 0.6) is 0 Å². The Morgan fingerprint density at radius 2 is 1.81 bits per heavy atom. The van der Waals surface area contributed by atoms with Gasteiger partial charge in [-0.05, 0) is 89.6 Å². The second kappa shape index (κ2) is 9.20. The Morgan fingerprint density at radius 1 is 1.13 bits per heavy atom. The van der Waals surface area contributed by atoms with Gasteiger partial charge in [0.2, 0.25) is 0 Å². The van der Waals surface area contributed by atoms with Crippen LogP contribution in [0.4, 0.5) is 0 Å². The highest BCUT2D eigenvalue weighted by Crippen LogP contribution is 2.47. The van der Waals surface area contributed by atoms with Crippen molar-refractivity contribution in [3.05, 3.63) is 43.8 Å². The lowest BCUT2D eigenvalue weighted by Crippen LogP contribution is -2.49. The molecule has 0 aromatic carbocycles. The van der Waals surface area contributed by atoms with Gasteiger partial charge in [-0.25, -0.2) is 0 Å². The fraction of sp³-hybridized carbons (Fsp3) is 0.417. The maximum absolute atomic E-state index is 10.4. The molecule has 0 fully saturated rings. The second-order valence-corrected chi connectivity index (χ2v) is 13.1. The van der Waals surface area contributed by atoms with Crippen LogP contribution in [0.2, 0.25) is 0 Å². The summed E-state index contributed by atoms with van der Waals surface area (Å²) in [6.45, 7) is 15.8. The van der Waals surface area contributed by atoms with Crippen LogP contribution in [0.1, 0.15) is 56.2 Å². The van der Waals surface area contributed by atoms with Crippen LogP contribution >= 0.6 is 46.6 Å². The second-order valence-electron chi connectivity index (χ2n) is 8.81. The Morgan fingerprint density at radius 3 is 2.32 bits per heavy atom. The van der Waals surface area contributed by atoms with E-state index in [-0.39, 0.29) is 0 Å². The van der Waals surface area contributed by atoms with Crippen molar-refractivity contribution in [3.63, 3.8) is 0 Å². The van der Waals surface area contributed by atoms with Crippen molar-refractivity contribution in [1.82, 2.24) is 0 Å². The number of hydrogen-bond donors (Lipinski definition) is 2. The summed E-state index contributed by atoms with van der Waals surface area (Å²) in [4.78, 5) is 4.92. The van der Waals surface area contributed by atoms with Gasteiger partial charge in [-0.2, -0.15) is 0 Å². The van der Waals surface area contributed by atoms with Crippen LogP contribution in [0.25, 0.3) is 26.1 Å². The van der Waals surface area contributed by atoms with Crippen LogP contribution in [-0.2, 0) is 4.65 Å². The molecule has 2 nitrogen and oxygen atoms in total. The number of fused-ring (bicyclic) bond motifs is 1. The predicted octanol–water partition coefficient (Wildman–Crippen LogP) is 7.36. The van der Waals surface area contributed by atoms with Gasteiger partial charge >= 0.3 is 7.48 Å². The zero-order valence-corrected chi connectivity index (χ0v) is 22.8. The van der Waals surface area contributed by atoms with E-state index in [0.717, 1.165) is 9.68 Å². The number of allylic oxidation sites excluding steroid dienone is 4. The van der Waals surface area contributed by atoms with Crippen molar-refractivity contribution in [2.24, 2.45) is 0 Å². The quantitative estimate of drug-likeness (QED) is 0.206. The van der Waals surface area contributed by atoms with Crippen molar-refractivity contribution in [2.75, 3.05) is 0 Å². The summed E-state index contributed by atoms with van der Waals surface area (Å²) in [5.41, 5.74) is 2.17. The highest BCUT2D eigenvalue weighted by Gasteiger charge is 2.36. The maximum atomic E-state index is 10.4. The molecule has 0 bridgehead atoms. The molecule has 0 unspecified atom stereocenters. The van der Waals surface area contributed by atoms with Crippen LogP contribution in [-0.4, -0.2) is 23.8 Å². The largest absolute Gasteiger partial charge is 0.426 e. The molecule has 0 spiro atoms. The number of rotatable bonds is 7. The first-order valence-electron chi connectivity index (χ1n) is 10.2. The van der Waals surface area contributed by atoms with Crippen molar-refractivity contribution in [1.29, 1.82) is 0 Å². The van der Waals surface area contributed by atoms with E-state index in [1.54, 1.807) is 32.7 Å². The number of hydrogen-bond acceptors (Lipinski definition) is 6. The summed E-state index contributed by atoms with van der Waals surface area (Å²) in [5, 5.41) is 10.4. The van der Waals surface area contributed by atoms with Gasteiger partial charge in [0, 0.05) is 29.7 Å². The van der Waals surface area contributed by atoms with Crippen molar-refractivity contribution in [3.8, 4) is 11.1 Å². The SMILES string of the molecule is C/C=C(/C=C(/C)S)c1sc2cc([B]OC(C)(C)C(C)(C)O)sc2c1-c1cc(C)sc1C. The van der Waals surface area contributed by atoms with E-state index in [4.69, 9.17) is 4.65 Å². The van der Waals surface area contributed by atoms with Crippen LogP contribution in [0.3, 0.4) is 0 Å². The highest BCUT2D eigenvalue weighted by atomic mass is 32.1. The third-order valence-corrected chi connectivity index (χ3v) is 9.06. The Hall–Kier alpha value is -0.825. The topological polar surface area (TPSA) is 29.5 Å². The maximum Gasteiger partial charge on any atom is 0.341 e. The first-order chi connectivity index (χ1) is 14.3. The zero-order chi connectivity index (χ0) is 23.1. The fourth-order valence-electron chi connectivity index (χ4n) is 3.15. The minimum Gasteiger partial charge on any atom is -0.426 e. The van der Waals surface area contributed by atoms with Crippen LogP contribution < -0.4 is 4.78 Å². The predicted molar refractivity (Wildman–Crippen MR) is 146 cm³/mol. The van der Waals surface area contributed by atoms with E-state index in [9.17, 15) is 5.11 Å². The lowest BCUT2D eigenvalue weighted by molar-refractivity contribution is -0.0892. The molecule has 1 N–H and O–H groups in total. The minimum atomic E-state index is -0.945. The summed E-state index contributed by atoms with van der Waals surface area (Å²) in [5.74, 6) is 0. The number of aryl methyl sites for hydroxylation is 2. The van der Waals surface area contributed by atoms with E-state index in [2.05, 4.69) is 57.7 Å². The molecule has 0 aliphatic rings. The average Bonchev–Trinajstić information content (AvgIpc) is 3.28. The summed E-state index contributed by atoms with van der Waals surface area (Å²) >= 11 is 9.91. The van der Waals surface area contributed by atoms with Crippen molar-refractivity contribution in [2.45, 2.75) is 66.6 Å². The lowest BCUT2D eigenvalue weighted by atomic mass is 9.86. The molecule has 0 aliphatic carbocycles. The molecule has 165 valence electrons. The molecule has 1 radical (unpaired) electrons. The van der Waals surface area contributed by atoms with E-state index in [1.165, 1.54) is 40.7 Å². The molecule has 3 heterocycles. The van der Waals surface area contributed by atoms with Gasteiger partial charge in [0.25, 0.3) is 0 Å². The van der Waals surface area contributed by atoms with Gasteiger partial charge < -0.3 is 9.76 Å². The van der Waals surface area contributed by atoms with Gasteiger partial charge in [0.05, 0.1) is 15.9 Å². The van der Waals surface area contributed by atoms with E-state index in [0.29, 0.717) is 0 Å². The molecule has 0 atom stereocenters. The molecule has 31 heavy (non-hydrogen) atoms. The van der Waals surface area contributed by atoms with Gasteiger partial charge in [-0.3, -0.25) is 0 Å². The average molecular weight is 490 g/mol. The normalized spacial score (nSPS) is 14.0. The summed E-state index contributed by atoms with van der Waals surface area (Å²) in [6.07, 6.45) is 4.30. The van der Waals surface area contributed by atoms with Crippen molar-refractivity contribution < 1.29 is 9.76 Å². The summed E-state index contributed by atoms with van der Waals surface area (Å²) in [6, 6.07) is 4.49. The molecule has 7 heteroatoms. The number of thiol groups is 1. The first kappa shape index (κ1) is 24.8. The number of aliphatic hydroxyl groups is 1. The highest BCUT2D eigenvalue weighted by molar-refractivity contribution is 7.84. The molecule has 3 aromatic rings. The fourth-order valence-corrected chi connectivity index (χ4v) is 6.80. The smallest absolute Gasteiger partial charge is 0.341 e. The third kappa shape index (κ3) is 5.23. The minimum absolute atomic E-state index is 0.688. The molecule has 0 saturated carbocycles. The summed E-state index contributed by atoms with van der Waals surface area (Å²) in [7, 11) is 1.79. The lowest BCUT2D eigenvalue weighted by Gasteiger charge is -2.37. The monoisotopic (exact) mass is 489 g/mol. The van der Waals surface area contributed by atoms with Gasteiger partial charge in [0.15, 0.2) is 0 Å². The first-order valence-corrected chi connectivity index (χ1v) is 13.1. The summed E-state index contributed by atoms with van der Waals surface area (Å²) < 4.78 is 9.60. The van der Waals surface area contributed by atoms with E-state index >= 15 is 0 Å². The molecule has 3 rings (SSSR count). The standard InChI is InChI=1S/C24H30BO2S4/c1-9-16(10-13(2)28)21-20(17-11-14(3)29-15(17)4)22-18(30-21)12-19(31-22)25-27-24(7,8)23(5,6)26/h9-12,26,28H,1-8H3/b13-10-,16-9-. The molecular formula is C24H30BO2S4. The Bertz CT molecular complexity index is 1150. The molecule has 0 amide bonds. The Kier molecular flexibility index (Phi) is 7.36. The molecule has 0 saturated heterocycles.